The van der Waals surface area contributed by atoms with Gasteiger partial charge in [-0.2, -0.15) is 0 Å². The first kappa shape index (κ1) is 17.0. The zero-order valence-corrected chi connectivity index (χ0v) is 12.1. The number of piperazine rings is 1. The van der Waals surface area contributed by atoms with Gasteiger partial charge in [0.1, 0.15) is 12.3 Å². The Hall–Kier alpha value is -2.01. The number of sulfonamides is 1. The Kier molecular flexibility index (Phi) is 5.38. The van der Waals surface area contributed by atoms with Gasteiger partial charge < -0.3 is 15.0 Å². The third-order valence-corrected chi connectivity index (χ3v) is 3.64. The van der Waals surface area contributed by atoms with Crippen LogP contribution in [-0.4, -0.2) is 73.8 Å². The summed E-state index contributed by atoms with van der Waals surface area (Å²) < 4.78 is 21.8. The van der Waals surface area contributed by atoms with Crippen LogP contribution in [0.5, 0.6) is 0 Å². The van der Waals surface area contributed by atoms with Crippen LogP contribution in [0.3, 0.4) is 0 Å². The highest BCUT2D eigenvalue weighted by atomic mass is 32.2. The van der Waals surface area contributed by atoms with Gasteiger partial charge in [0.25, 0.3) is 0 Å². The maximum atomic E-state index is 11.8. The summed E-state index contributed by atoms with van der Waals surface area (Å²) in [5, 5.41) is 6.82. The second kappa shape index (κ2) is 6.63. The molecule has 21 heavy (non-hydrogen) atoms. The van der Waals surface area contributed by atoms with E-state index in [1.807, 2.05) is 5.32 Å². The van der Waals surface area contributed by atoms with E-state index in [4.69, 9.17) is 5.14 Å². The average molecular weight is 320 g/mol. The molecular weight excluding hydrogens is 304 g/mol. The number of nitrogens with zero attached hydrogens (tertiary/aromatic N) is 2. The fourth-order valence-corrected chi connectivity index (χ4v) is 2.43. The van der Waals surface area contributed by atoms with Crippen LogP contribution >= 0.6 is 0 Å². The second-order valence-corrected chi connectivity index (χ2v) is 6.02. The van der Waals surface area contributed by atoms with Gasteiger partial charge in [-0.25, -0.2) is 18.4 Å². The summed E-state index contributed by atoms with van der Waals surface area (Å²) in [5.41, 5.74) is 0. The Morgan fingerprint density at radius 2 is 2.00 bits per heavy atom. The summed E-state index contributed by atoms with van der Waals surface area (Å²) in [6, 6.07) is -2.40. The maximum absolute atomic E-state index is 11.8. The van der Waals surface area contributed by atoms with E-state index in [0.29, 0.717) is 11.4 Å². The van der Waals surface area contributed by atoms with Crippen LogP contribution < -0.4 is 10.5 Å². The van der Waals surface area contributed by atoms with E-state index in [1.165, 1.54) is 4.90 Å². The number of carbonyl (C=O) groups is 4. The molecule has 1 aliphatic heterocycles. The monoisotopic (exact) mass is 320 g/mol. The summed E-state index contributed by atoms with van der Waals surface area (Å²) in [6.45, 7) is 2.17. The number of primary sulfonamides is 1. The van der Waals surface area contributed by atoms with Crippen molar-refractivity contribution in [1.29, 1.82) is 0 Å². The van der Waals surface area contributed by atoms with Crippen LogP contribution in [0.1, 0.15) is 6.92 Å². The number of nitrogens with one attached hydrogen (secondary N) is 1. The lowest BCUT2D eigenvalue weighted by Gasteiger charge is -2.32. The van der Waals surface area contributed by atoms with Gasteiger partial charge in [-0.1, -0.05) is 0 Å². The lowest BCUT2D eigenvalue weighted by molar-refractivity contribution is -0.153. The molecule has 11 heteroatoms. The summed E-state index contributed by atoms with van der Waals surface area (Å²) in [4.78, 5) is 47.8. The van der Waals surface area contributed by atoms with Crippen molar-refractivity contribution in [3.8, 4) is 0 Å². The van der Waals surface area contributed by atoms with Crippen LogP contribution in [0.25, 0.3) is 0 Å². The first-order valence-electron chi connectivity index (χ1n) is 6.06. The fourth-order valence-electron chi connectivity index (χ4n) is 1.77. The molecule has 1 saturated heterocycles. The third kappa shape index (κ3) is 4.49. The molecule has 1 aliphatic rings. The van der Waals surface area contributed by atoms with Crippen molar-refractivity contribution in [3.63, 3.8) is 0 Å². The van der Waals surface area contributed by atoms with Crippen molar-refractivity contribution in [1.82, 2.24) is 15.1 Å². The molecule has 0 aromatic rings. The molecule has 1 fully saturated rings. The van der Waals surface area contributed by atoms with Crippen LogP contribution in [0.15, 0.2) is 0 Å². The van der Waals surface area contributed by atoms with Crippen molar-refractivity contribution in [3.05, 3.63) is 0 Å². The smallest absolute Gasteiger partial charge is 0.325 e. The number of imide groups is 1. The van der Waals surface area contributed by atoms with Crippen LogP contribution in [0.2, 0.25) is 0 Å². The fraction of sp³-hybridized carbons (Fsp3) is 0.600. The van der Waals surface area contributed by atoms with Gasteiger partial charge in [0.05, 0.1) is 5.75 Å². The first-order valence-corrected chi connectivity index (χ1v) is 7.78. The molecule has 0 spiro atoms. The van der Waals surface area contributed by atoms with Gasteiger partial charge in [0.2, 0.25) is 10.0 Å². The number of likely N-dealkylation sites (N-methyl/N-ethyl adjacent to an activating group) is 1. The molecule has 0 aromatic heterocycles. The molecule has 3 N–H and O–H groups in total. The highest BCUT2D eigenvalue weighted by molar-refractivity contribution is 7.89. The van der Waals surface area contributed by atoms with E-state index < -0.39 is 39.7 Å². The van der Waals surface area contributed by atoms with Gasteiger partial charge in [0, 0.05) is 19.6 Å². The summed E-state index contributed by atoms with van der Waals surface area (Å²) >= 11 is 0. The van der Waals surface area contributed by atoms with Gasteiger partial charge in [-0.05, 0) is 6.92 Å². The second-order valence-electron chi connectivity index (χ2n) is 4.36. The van der Waals surface area contributed by atoms with E-state index in [0.717, 1.165) is 0 Å². The summed E-state index contributed by atoms with van der Waals surface area (Å²) in [7, 11) is -3.97. The van der Waals surface area contributed by atoms with Crippen molar-refractivity contribution in [2.24, 2.45) is 5.14 Å². The highest BCUT2D eigenvalue weighted by Gasteiger charge is 2.36. The van der Waals surface area contributed by atoms with Gasteiger partial charge in [0.15, 0.2) is 0 Å². The van der Waals surface area contributed by atoms with E-state index in [-0.39, 0.29) is 19.4 Å². The van der Waals surface area contributed by atoms with Crippen molar-refractivity contribution in [2.75, 3.05) is 25.4 Å². The lowest BCUT2D eigenvalue weighted by atomic mass is 10.3. The predicted molar refractivity (Wildman–Crippen MR) is 70.3 cm³/mol. The topological polar surface area (TPSA) is 147 Å². The minimum atomic E-state index is -3.97. The minimum absolute atomic E-state index is 0.0365. The van der Waals surface area contributed by atoms with Crippen LogP contribution in [0, 0.1) is 0 Å². The Labute approximate surface area is 121 Å². The standard InChI is InChI=1S/C10H16N4O6S/c1-2-13-3-4-14(9(17)8(13)16)10(18)12-7(5-15)6-21(11,19)20/h5,7H,2-4,6H2,1H3,(H,12,18)(H2,11,19,20). The van der Waals surface area contributed by atoms with E-state index in [1.54, 1.807) is 6.92 Å². The first-order chi connectivity index (χ1) is 9.69. The summed E-state index contributed by atoms with van der Waals surface area (Å²) in [6.07, 6.45) is 0.191. The number of amides is 4. The molecule has 0 aromatic carbocycles. The Morgan fingerprint density at radius 1 is 1.38 bits per heavy atom. The SMILES string of the molecule is CCN1CCN(C(=O)NC(C=O)CS(N)(=O)=O)C(=O)C1=O. The molecular formula is C10H16N4O6S. The molecule has 0 bridgehead atoms. The molecule has 118 valence electrons. The molecule has 4 amide bonds. The van der Waals surface area contributed by atoms with Crippen molar-refractivity contribution >= 4 is 34.2 Å². The van der Waals surface area contributed by atoms with Crippen LogP contribution in [-0.2, 0) is 24.4 Å². The number of carbonyl (C=O) groups excluding carboxylic acids is 4. The molecule has 0 radical (unpaired) electrons. The number of urea groups is 1. The van der Waals surface area contributed by atoms with Crippen molar-refractivity contribution < 1.29 is 27.6 Å². The molecule has 0 saturated carbocycles. The maximum Gasteiger partial charge on any atom is 0.325 e. The minimum Gasteiger partial charge on any atom is -0.333 e. The molecule has 10 nitrogen and oxygen atoms in total. The molecule has 1 heterocycles. The number of nitrogens with two attached hydrogens (primary N) is 1. The molecule has 1 unspecified atom stereocenters. The van der Waals surface area contributed by atoms with E-state index >= 15 is 0 Å². The predicted octanol–water partition coefficient (Wildman–Crippen LogP) is -2.76. The van der Waals surface area contributed by atoms with Gasteiger partial charge in [-0.15, -0.1) is 0 Å². The van der Waals surface area contributed by atoms with Gasteiger partial charge in [-0.3, -0.25) is 14.5 Å². The van der Waals surface area contributed by atoms with Crippen molar-refractivity contribution in [2.45, 2.75) is 13.0 Å². The zero-order valence-electron chi connectivity index (χ0n) is 11.3. The van der Waals surface area contributed by atoms with E-state index in [9.17, 15) is 27.6 Å². The molecule has 0 aliphatic carbocycles. The number of aldehydes is 1. The van der Waals surface area contributed by atoms with Crippen LogP contribution in [0.4, 0.5) is 4.79 Å². The number of hydrogen-bond acceptors (Lipinski definition) is 6. The lowest BCUT2D eigenvalue weighted by Crippen LogP contribution is -2.59. The Balaban J connectivity index is 2.73. The quantitative estimate of drug-likeness (QED) is 0.414. The van der Waals surface area contributed by atoms with E-state index in [2.05, 4.69) is 0 Å². The summed E-state index contributed by atoms with van der Waals surface area (Å²) in [5.74, 6) is -2.65. The molecule has 1 rings (SSSR count). The Bertz CT molecular complexity index is 560. The average Bonchev–Trinajstić information content (AvgIpc) is 2.39. The third-order valence-electron chi connectivity index (χ3n) is 2.82. The molecule has 1 atom stereocenters. The Morgan fingerprint density at radius 3 is 2.48 bits per heavy atom. The normalized spacial score (nSPS) is 17.6. The number of rotatable bonds is 5. The zero-order chi connectivity index (χ0) is 16.2. The highest BCUT2D eigenvalue weighted by Crippen LogP contribution is 2.05. The van der Waals surface area contributed by atoms with Gasteiger partial charge >= 0.3 is 17.8 Å². The largest absolute Gasteiger partial charge is 0.333 e. The number of hydrogen-bond donors (Lipinski definition) is 2.